The summed E-state index contributed by atoms with van der Waals surface area (Å²) in [7, 11) is 0. The summed E-state index contributed by atoms with van der Waals surface area (Å²) < 4.78 is 19.4. The van der Waals surface area contributed by atoms with Crippen molar-refractivity contribution in [3.63, 3.8) is 0 Å². The second kappa shape index (κ2) is 9.27. The van der Waals surface area contributed by atoms with Gasteiger partial charge in [0.15, 0.2) is 5.13 Å². The highest BCUT2D eigenvalue weighted by atomic mass is 32.1. The summed E-state index contributed by atoms with van der Waals surface area (Å²) in [4.78, 5) is 41.0. The molecule has 3 rings (SSSR count). The molecular weight excluding hydrogens is 409 g/mol. The molecule has 7 nitrogen and oxygen atoms in total. The van der Waals surface area contributed by atoms with E-state index in [0.29, 0.717) is 11.4 Å². The van der Waals surface area contributed by atoms with Gasteiger partial charge < -0.3 is 10.1 Å². The smallest absolute Gasteiger partial charge is 0.338 e. The number of hydrogen-bond donors (Lipinski definition) is 1. The number of amides is 2. The number of ether oxygens (including phenoxy) is 1. The van der Waals surface area contributed by atoms with Crippen LogP contribution >= 0.6 is 11.3 Å². The summed E-state index contributed by atoms with van der Waals surface area (Å²) >= 11 is 1.13. The van der Waals surface area contributed by atoms with Crippen molar-refractivity contribution in [1.82, 2.24) is 4.98 Å². The van der Waals surface area contributed by atoms with Crippen molar-refractivity contribution < 1.29 is 23.5 Å². The minimum Gasteiger partial charge on any atom is -0.456 e. The molecule has 0 aliphatic carbocycles. The standard InChI is InChI=1S/C21H18FN3O4S/c1-13(26)23-16-7-5-6-15(10-16)20(28)29-11-17-12-30-21(24-17)25(14(2)27)19-9-4-3-8-18(19)22/h3-10,12H,11H2,1-2H3,(H,23,26). The molecule has 0 aliphatic rings. The van der Waals surface area contributed by atoms with Crippen molar-refractivity contribution in [2.24, 2.45) is 0 Å². The van der Waals surface area contributed by atoms with Gasteiger partial charge in [-0.3, -0.25) is 14.5 Å². The van der Waals surface area contributed by atoms with Gasteiger partial charge in [-0.15, -0.1) is 11.3 Å². The minimum absolute atomic E-state index is 0.0951. The lowest BCUT2D eigenvalue weighted by Crippen LogP contribution is -2.23. The number of esters is 1. The SMILES string of the molecule is CC(=O)Nc1cccc(C(=O)OCc2csc(N(C(C)=O)c3ccccc3F)n2)c1. The fraction of sp³-hybridized carbons (Fsp3) is 0.143. The first-order valence-electron chi connectivity index (χ1n) is 8.89. The van der Waals surface area contributed by atoms with Crippen molar-refractivity contribution in [1.29, 1.82) is 0 Å². The van der Waals surface area contributed by atoms with E-state index in [0.717, 1.165) is 11.3 Å². The summed E-state index contributed by atoms with van der Waals surface area (Å²) in [6, 6.07) is 12.3. The third-order valence-electron chi connectivity index (χ3n) is 3.91. The third kappa shape index (κ3) is 5.06. The van der Waals surface area contributed by atoms with Crippen LogP contribution in [0.15, 0.2) is 53.9 Å². The molecule has 154 valence electrons. The molecule has 0 atom stereocenters. The van der Waals surface area contributed by atoms with E-state index in [2.05, 4.69) is 10.3 Å². The Kier molecular flexibility index (Phi) is 6.53. The Morgan fingerprint density at radius 2 is 1.90 bits per heavy atom. The van der Waals surface area contributed by atoms with Crippen molar-refractivity contribution in [3.8, 4) is 0 Å². The minimum atomic E-state index is -0.589. The van der Waals surface area contributed by atoms with Gasteiger partial charge in [0.2, 0.25) is 11.8 Å². The van der Waals surface area contributed by atoms with Gasteiger partial charge in [-0.05, 0) is 30.3 Å². The van der Waals surface area contributed by atoms with Gasteiger partial charge in [-0.1, -0.05) is 18.2 Å². The molecule has 0 aliphatic heterocycles. The number of para-hydroxylation sites is 1. The van der Waals surface area contributed by atoms with Crippen LogP contribution in [0.4, 0.5) is 20.9 Å². The molecule has 0 unspecified atom stereocenters. The fourth-order valence-corrected chi connectivity index (χ4v) is 3.52. The lowest BCUT2D eigenvalue weighted by molar-refractivity contribution is -0.116. The zero-order chi connectivity index (χ0) is 21.7. The van der Waals surface area contributed by atoms with E-state index >= 15 is 0 Å². The number of nitrogens with one attached hydrogen (secondary N) is 1. The van der Waals surface area contributed by atoms with Crippen molar-refractivity contribution in [2.75, 3.05) is 10.2 Å². The monoisotopic (exact) mass is 427 g/mol. The molecule has 0 spiro atoms. The van der Waals surface area contributed by atoms with Crippen LogP contribution in [0.25, 0.3) is 0 Å². The molecule has 1 N–H and O–H groups in total. The number of halogens is 1. The number of thiazole rings is 1. The predicted molar refractivity (Wildman–Crippen MR) is 111 cm³/mol. The van der Waals surface area contributed by atoms with Crippen LogP contribution in [0.5, 0.6) is 0 Å². The van der Waals surface area contributed by atoms with Crippen LogP contribution < -0.4 is 10.2 Å². The number of carbonyl (C=O) groups excluding carboxylic acids is 3. The van der Waals surface area contributed by atoms with Gasteiger partial charge in [0.05, 0.1) is 16.9 Å². The number of nitrogens with zero attached hydrogens (tertiary/aromatic N) is 2. The lowest BCUT2D eigenvalue weighted by atomic mass is 10.2. The van der Waals surface area contributed by atoms with E-state index in [1.165, 1.54) is 43.0 Å². The van der Waals surface area contributed by atoms with E-state index in [1.807, 2.05) is 0 Å². The molecule has 3 aromatic rings. The second-order valence-electron chi connectivity index (χ2n) is 6.27. The highest BCUT2D eigenvalue weighted by molar-refractivity contribution is 7.14. The van der Waals surface area contributed by atoms with Crippen LogP contribution in [0.2, 0.25) is 0 Å². The Bertz CT molecular complexity index is 1100. The quantitative estimate of drug-likeness (QED) is 0.593. The summed E-state index contributed by atoms with van der Waals surface area (Å²) in [5.41, 5.74) is 1.27. The molecule has 1 aromatic heterocycles. The van der Waals surface area contributed by atoms with Gasteiger partial charge in [-0.2, -0.15) is 0 Å². The average molecular weight is 427 g/mol. The van der Waals surface area contributed by atoms with Crippen molar-refractivity contribution >= 4 is 45.6 Å². The second-order valence-corrected chi connectivity index (χ2v) is 7.10. The van der Waals surface area contributed by atoms with Gasteiger partial charge >= 0.3 is 5.97 Å². The maximum atomic E-state index is 14.1. The topological polar surface area (TPSA) is 88.6 Å². The summed E-state index contributed by atoms with van der Waals surface area (Å²) in [5, 5.41) is 4.50. The Morgan fingerprint density at radius 1 is 1.13 bits per heavy atom. The Morgan fingerprint density at radius 3 is 2.60 bits per heavy atom. The molecule has 0 bridgehead atoms. The largest absolute Gasteiger partial charge is 0.456 e. The first kappa shape index (κ1) is 21.1. The van der Waals surface area contributed by atoms with E-state index in [4.69, 9.17) is 4.74 Å². The van der Waals surface area contributed by atoms with Gasteiger partial charge in [0.1, 0.15) is 12.4 Å². The van der Waals surface area contributed by atoms with E-state index in [-0.39, 0.29) is 28.9 Å². The van der Waals surface area contributed by atoms with Crippen molar-refractivity contribution in [2.45, 2.75) is 20.5 Å². The molecule has 2 amide bonds. The lowest BCUT2D eigenvalue weighted by Gasteiger charge is -2.18. The zero-order valence-electron chi connectivity index (χ0n) is 16.2. The molecular formula is C21H18FN3O4S. The zero-order valence-corrected chi connectivity index (χ0v) is 17.0. The molecule has 30 heavy (non-hydrogen) atoms. The number of carbonyl (C=O) groups is 3. The molecule has 0 radical (unpaired) electrons. The van der Waals surface area contributed by atoms with Crippen molar-refractivity contribution in [3.05, 3.63) is 71.0 Å². The number of benzene rings is 2. The molecule has 2 aromatic carbocycles. The van der Waals surface area contributed by atoms with Crippen LogP contribution in [0, 0.1) is 5.82 Å². The summed E-state index contributed by atoms with van der Waals surface area (Å²) in [6.45, 7) is 2.56. The first-order chi connectivity index (χ1) is 14.3. The van der Waals surface area contributed by atoms with Crippen LogP contribution in [0.3, 0.4) is 0 Å². The predicted octanol–water partition coefficient (Wildman–Crippen LogP) is 4.28. The number of hydrogen-bond acceptors (Lipinski definition) is 6. The number of rotatable bonds is 6. The highest BCUT2D eigenvalue weighted by Gasteiger charge is 2.21. The number of aromatic nitrogens is 1. The molecule has 0 saturated carbocycles. The normalized spacial score (nSPS) is 10.4. The molecule has 0 fully saturated rings. The Hall–Kier alpha value is -3.59. The maximum Gasteiger partial charge on any atom is 0.338 e. The van der Waals surface area contributed by atoms with Crippen LogP contribution in [-0.2, 0) is 20.9 Å². The fourth-order valence-electron chi connectivity index (χ4n) is 2.66. The van der Waals surface area contributed by atoms with E-state index in [1.54, 1.807) is 29.6 Å². The highest BCUT2D eigenvalue weighted by Crippen LogP contribution is 2.30. The number of anilines is 3. The van der Waals surface area contributed by atoms with E-state index < -0.39 is 17.7 Å². The summed E-state index contributed by atoms with van der Waals surface area (Å²) in [5.74, 6) is -1.78. The van der Waals surface area contributed by atoms with Gasteiger partial charge in [0.25, 0.3) is 0 Å². The molecule has 0 saturated heterocycles. The average Bonchev–Trinajstić information content (AvgIpc) is 3.15. The summed E-state index contributed by atoms with van der Waals surface area (Å²) in [6.07, 6.45) is 0. The molecule has 9 heteroatoms. The Labute approximate surface area is 176 Å². The van der Waals surface area contributed by atoms with Crippen LogP contribution in [-0.4, -0.2) is 22.8 Å². The molecule has 1 heterocycles. The Balaban J connectivity index is 1.71. The first-order valence-corrected chi connectivity index (χ1v) is 9.77. The van der Waals surface area contributed by atoms with Gasteiger partial charge in [-0.25, -0.2) is 14.2 Å². The van der Waals surface area contributed by atoms with Gasteiger partial charge in [0, 0.05) is 24.9 Å². The third-order valence-corrected chi connectivity index (χ3v) is 4.78. The van der Waals surface area contributed by atoms with E-state index in [9.17, 15) is 18.8 Å². The maximum absolute atomic E-state index is 14.1. The van der Waals surface area contributed by atoms with Crippen LogP contribution in [0.1, 0.15) is 29.9 Å².